The molecule has 4 rings (SSSR count). The van der Waals surface area contributed by atoms with Crippen molar-refractivity contribution < 1.29 is 15.3 Å². The van der Waals surface area contributed by atoms with E-state index in [1.807, 2.05) is 18.2 Å². The Bertz CT molecular complexity index is 950. The third-order valence-corrected chi connectivity index (χ3v) is 6.28. The van der Waals surface area contributed by atoms with Gasteiger partial charge in [-0.15, -0.1) is 0 Å². The molecule has 1 aliphatic heterocycles. The molecule has 30 heavy (non-hydrogen) atoms. The molecule has 0 saturated carbocycles. The van der Waals surface area contributed by atoms with Crippen molar-refractivity contribution >= 4 is 0 Å². The summed E-state index contributed by atoms with van der Waals surface area (Å²) < 4.78 is 0. The largest absolute Gasteiger partial charge is 0.508 e. The summed E-state index contributed by atoms with van der Waals surface area (Å²) in [5.41, 5.74) is 3.27. The fourth-order valence-electron chi connectivity index (χ4n) is 4.73. The van der Waals surface area contributed by atoms with E-state index in [0.717, 1.165) is 30.5 Å². The van der Waals surface area contributed by atoms with Gasteiger partial charge in [-0.3, -0.25) is 0 Å². The molecule has 1 aliphatic rings. The lowest BCUT2D eigenvalue weighted by Gasteiger charge is -2.33. The molecule has 3 unspecified atom stereocenters. The quantitative estimate of drug-likeness (QED) is 0.460. The third kappa shape index (κ3) is 4.77. The lowest BCUT2D eigenvalue weighted by molar-refractivity contribution is 0.318. The molecule has 4 N–H and O–H groups in total. The maximum Gasteiger partial charge on any atom is 0.122 e. The fourth-order valence-corrected chi connectivity index (χ4v) is 4.73. The molecule has 4 nitrogen and oxygen atoms in total. The number of nitrogens with one attached hydrogen (secondary N) is 1. The van der Waals surface area contributed by atoms with Crippen molar-refractivity contribution in [3.05, 3.63) is 89.5 Å². The Hall–Kier alpha value is -2.98. The summed E-state index contributed by atoms with van der Waals surface area (Å²) in [6, 6.07) is 23.2. The van der Waals surface area contributed by atoms with Crippen molar-refractivity contribution in [3.63, 3.8) is 0 Å². The first-order valence-corrected chi connectivity index (χ1v) is 10.7. The topological polar surface area (TPSA) is 72.7 Å². The molecule has 1 fully saturated rings. The van der Waals surface area contributed by atoms with Crippen LogP contribution >= 0.6 is 0 Å². The highest BCUT2D eigenvalue weighted by Crippen LogP contribution is 2.38. The van der Waals surface area contributed by atoms with Gasteiger partial charge in [0.05, 0.1) is 0 Å². The van der Waals surface area contributed by atoms with Crippen molar-refractivity contribution in [1.29, 1.82) is 0 Å². The summed E-state index contributed by atoms with van der Waals surface area (Å²) in [5, 5.41) is 33.7. The number of phenols is 3. The van der Waals surface area contributed by atoms with Crippen molar-refractivity contribution in [2.75, 3.05) is 6.54 Å². The van der Waals surface area contributed by atoms with Crippen molar-refractivity contribution in [2.24, 2.45) is 5.92 Å². The minimum absolute atomic E-state index is 0.0655. The molecule has 1 heterocycles. The van der Waals surface area contributed by atoms with Gasteiger partial charge in [0.1, 0.15) is 17.2 Å². The molecule has 0 spiro atoms. The molecule has 4 heteroatoms. The van der Waals surface area contributed by atoms with Gasteiger partial charge in [-0.1, -0.05) is 48.5 Å². The van der Waals surface area contributed by atoms with Crippen LogP contribution in [0.25, 0.3) is 0 Å². The van der Waals surface area contributed by atoms with Crippen LogP contribution in [0.1, 0.15) is 35.4 Å². The van der Waals surface area contributed by atoms with Crippen molar-refractivity contribution in [1.82, 2.24) is 5.32 Å². The Kier molecular flexibility index (Phi) is 6.24. The summed E-state index contributed by atoms with van der Waals surface area (Å²) in [6.45, 7) is 1.03. The van der Waals surface area contributed by atoms with Crippen molar-refractivity contribution in [3.8, 4) is 17.2 Å². The molecule has 3 aromatic carbocycles. The molecule has 3 atom stereocenters. The number of phenolic OH excluding ortho intramolecular Hbond substituents is 3. The first-order valence-electron chi connectivity index (χ1n) is 10.7. The van der Waals surface area contributed by atoms with E-state index in [9.17, 15) is 15.3 Å². The number of benzene rings is 3. The van der Waals surface area contributed by atoms with Crippen LogP contribution < -0.4 is 5.32 Å². The Morgan fingerprint density at radius 1 is 0.833 bits per heavy atom. The molecule has 3 aromatic rings. The normalized spacial score (nSPS) is 18.2. The second-order valence-corrected chi connectivity index (χ2v) is 8.27. The van der Waals surface area contributed by atoms with E-state index < -0.39 is 0 Å². The molecule has 0 bridgehead atoms. The summed E-state index contributed by atoms with van der Waals surface area (Å²) in [5.74, 6) is 0.917. The molecule has 0 amide bonds. The summed E-state index contributed by atoms with van der Waals surface area (Å²) in [7, 11) is 0. The second-order valence-electron chi connectivity index (χ2n) is 8.27. The van der Waals surface area contributed by atoms with Crippen LogP contribution in [0.3, 0.4) is 0 Å². The lowest BCUT2D eigenvalue weighted by Crippen LogP contribution is -2.36. The maximum absolute atomic E-state index is 10.5. The first kappa shape index (κ1) is 20.3. The highest BCUT2D eigenvalue weighted by atomic mass is 16.3. The predicted octanol–water partition coefficient (Wildman–Crippen LogP) is 4.74. The Balaban J connectivity index is 1.72. The van der Waals surface area contributed by atoms with Gasteiger partial charge in [-0.25, -0.2) is 0 Å². The number of rotatable bonds is 7. The van der Waals surface area contributed by atoms with Gasteiger partial charge in [-0.05, 0) is 79.0 Å². The highest BCUT2D eigenvalue weighted by Gasteiger charge is 2.33. The molecule has 0 aromatic heterocycles. The van der Waals surface area contributed by atoms with E-state index in [-0.39, 0.29) is 23.2 Å². The molecular weight excluding hydrogens is 374 g/mol. The molecule has 1 saturated heterocycles. The zero-order chi connectivity index (χ0) is 20.9. The molecule has 0 radical (unpaired) electrons. The van der Waals surface area contributed by atoms with E-state index in [0.29, 0.717) is 18.4 Å². The molecule has 0 aliphatic carbocycles. The standard InChI is InChI=1S/C26H29NO3/c28-21-11-8-19(9-12-21)23(16-20-10-13-22(29)17-26(20)30)24(25-7-4-14-27-25)15-18-5-2-1-3-6-18/h1-3,5-6,8-13,17,23-25,27-30H,4,7,14-16H2. The van der Waals surface area contributed by atoms with E-state index in [1.165, 1.54) is 18.1 Å². The average molecular weight is 404 g/mol. The summed E-state index contributed by atoms with van der Waals surface area (Å²) in [6.07, 6.45) is 3.89. The Morgan fingerprint density at radius 3 is 2.23 bits per heavy atom. The highest BCUT2D eigenvalue weighted by molar-refractivity contribution is 5.41. The average Bonchev–Trinajstić information content (AvgIpc) is 3.28. The zero-order valence-electron chi connectivity index (χ0n) is 17.0. The predicted molar refractivity (Wildman–Crippen MR) is 119 cm³/mol. The van der Waals surface area contributed by atoms with Crippen LogP contribution in [0.5, 0.6) is 17.2 Å². The smallest absolute Gasteiger partial charge is 0.122 e. The van der Waals surface area contributed by atoms with E-state index in [4.69, 9.17) is 0 Å². The lowest BCUT2D eigenvalue weighted by atomic mass is 9.74. The van der Waals surface area contributed by atoms with Crippen molar-refractivity contribution in [2.45, 2.75) is 37.6 Å². The van der Waals surface area contributed by atoms with Crippen LogP contribution in [0.2, 0.25) is 0 Å². The second kappa shape index (κ2) is 9.23. The van der Waals surface area contributed by atoms with Gasteiger partial charge in [0, 0.05) is 12.1 Å². The van der Waals surface area contributed by atoms with Gasteiger partial charge in [-0.2, -0.15) is 0 Å². The van der Waals surface area contributed by atoms with E-state index in [1.54, 1.807) is 24.3 Å². The number of hydrogen-bond donors (Lipinski definition) is 4. The maximum atomic E-state index is 10.5. The van der Waals surface area contributed by atoms with E-state index >= 15 is 0 Å². The Labute approximate surface area is 177 Å². The van der Waals surface area contributed by atoms with E-state index in [2.05, 4.69) is 29.6 Å². The minimum Gasteiger partial charge on any atom is -0.508 e. The van der Waals surface area contributed by atoms with Crippen LogP contribution in [-0.4, -0.2) is 27.9 Å². The summed E-state index contributed by atoms with van der Waals surface area (Å²) in [4.78, 5) is 0. The van der Waals surface area contributed by atoms with Crippen LogP contribution in [0.4, 0.5) is 0 Å². The number of hydrogen-bond acceptors (Lipinski definition) is 4. The minimum atomic E-state index is 0.0655. The van der Waals surface area contributed by atoms with Gasteiger partial charge in [0.15, 0.2) is 0 Å². The van der Waals surface area contributed by atoms with Crippen LogP contribution in [0.15, 0.2) is 72.8 Å². The van der Waals surface area contributed by atoms with Gasteiger partial charge in [0.25, 0.3) is 0 Å². The molecular formula is C26H29NO3. The third-order valence-electron chi connectivity index (χ3n) is 6.28. The van der Waals surface area contributed by atoms with Gasteiger partial charge >= 0.3 is 0 Å². The first-order chi connectivity index (χ1) is 14.6. The monoisotopic (exact) mass is 403 g/mol. The van der Waals surface area contributed by atoms with Gasteiger partial charge in [0.2, 0.25) is 0 Å². The van der Waals surface area contributed by atoms with Crippen LogP contribution in [0, 0.1) is 5.92 Å². The SMILES string of the molecule is Oc1ccc(C(Cc2ccc(O)cc2O)C(Cc2ccccc2)C2CCCN2)cc1. The zero-order valence-corrected chi connectivity index (χ0v) is 17.0. The fraction of sp³-hybridized carbons (Fsp3) is 0.308. The molecule has 156 valence electrons. The Morgan fingerprint density at radius 2 is 1.57 bits per heavy atom. The van der Waals surface area contributed by atoms with Gasteiger partial charge < -0.3 is 20.6 Å². The number of aromatic hydroxyl groups is 3. The summed E-state index contributed by atoms with van der Waals surface area (Å²) >= 11 is 0. The van der Waals surface area contributed by atoms with Crippen LogP contribution in [-0.2, 0) is 12.8 Å².